The zero-order chi connectivity index (χ0) is 14.9. The van der Waals surface area contributed by atoms with Gasteiger partial charge in [-0.3, -0.25) is 4.79 Å². The number of hydrogen-bond acceptors (Lipinski definition) is 4. The molecule has 0 saturated carbocycles. The predicted octanol–water partition coefficient (Wildman–Crippen LogP) is 2.90. The number of rotatable bonds is 10. The molecule has 0 bridgehead atoms. The molecule has 0 amide bonds. The molecule has 4 nitrogen and oxygen atoms in total. The van der Waals surface area contributed by atoms with Gasteiger partial charge in [-0.05, 0) is 53.0 Å². The first kappa shape index (κ1) is 18.4. The SMILES string of the molecule is CCCNC(C)(CCCOC(C)(C)CC)C(=O)OC. The lowest BCUT2D eigenvalue weighted by Gasteiger charge is -2.29. The Morgan fingerprint density at radius 1 is 1.21 bits per heavy atom. The van der Waals surface area contributed by atoms with E-state index in [0.29, 0.717) is 6.61 Å². The van der Waals surface area contributed by atoms with Crippen LogP contribution in [0.2, 0.25) is 0 Å². The number of esters is 1. The molecule has 0 aromatic rings. The molecule has 114 valence electrons. The maximum atomic E-state index is 11.9. The van der Waals surface area contributed by atoms with Crippen molar-refractivity contribution >= 4 is 5.97 Å². The van der Waals surface area contributed by atoms with Crippen LogP contribution in [0.15, 0.2) is 0 Å². The average Bonchev–Trinajstić information content (AvgIpc) is 2.40. The molecule has 0 fully saturated rings. The highest BCUT2D eigenvalue weighted by atomic mass is 16.5. The Morgan fingerprint density at radius 2 is 1.84 bits per heavy atom. The fourth-order valence-electron chi connectivity index (χ4n) is 1.77. The number of carbonyl (C=O) groups is 1. The monoisotopic (exact) mass is 273 g/mol. The van der Waals surface area contributed by atoms with Crippen LogP contribution in [0.3, 0.4) is 0 Å². The predicted molar refractivity (Wildman–Crippen MR) is 78.3 cm³/mol. The second-order valence-electron chi connectivity index (χ2n) is 5.82. The number of carbonyl (C=O) groups excluding carboxylic acids is 1. The van der Waals surface area contributed by atoms with Crippen molar-refractivity contribution in [1.29, 1.82) is 0 Å². The fourth-order valence-corrected chi connectivity index (χ4v) is 1.77. The minimum absolute atomic E-state index is 0.0848. The van der Waals surface area contributed by atoms with Crippen LogP contribution in [-0.4, -0.2) is 37.4 Å². The minimum Gasteiger partial charge on any atom is -0.468 e. The fraction of sp³-hybridized carbons (Fsp3) is 0.933. The molecule has 0 saturated heterocycles. The van der Waals surface area contributed by atoms with Gasteiger partial charge in [0.2, 0.25) is 0 Å². The van der Waals surface area contributed by atoms with Gasteiger partial charge in [-0.1, -0.05) is 13.8 Å². The van der Waals surface area contributed by atoms with Gasteiger partial charge < -0.3 is 14.8 Å². The molecule has 0 aliphatic rings. The largest absolute Gasteiger partial charge is 0.468 e. The first-order valence-corrected chi connectivity index (χ1v) is 7.28. The highest BCUT2D eigenvalue weighted by molar-refractivity contribution is 5.80. The topological polar surface area (TPSA) is 47.6 Å². The zero-order valence-electron chi connectivity index (χ0n) is 13.5. The first-order chi connectivity index (χ1) is 8.81. The third-order valence-electron chi connectivity index (χ3n) is 3.57. The van der Waals surface area contributed by atoms with Crippen LogP contribution in [-0.2, 0) is 14.3 Å². The lowest BCUT2D eigenvalue weighted by atomic mass is 9.95. The normalized spacial score (nSPS) is 15.1. The lowest BCUT2D eigenvalue weighted by Crippen LogP contribution is -2.50. The Kier molecular flexibility index (Phi) is 8.26. The van der Waals surface area contributed by atoms with E-state index in [1.165, 1.54) is 7.11 Å². The molecule has 1 atom stereocenters. The van der Waals surface area contributed by atoms with E-state index in [1.54, 1.807) is 0 Å². The summed E-state index contributed by atoms with van der Waals surface area (Å²) in [4.78, 5) is 11.9. The molecule has 0 aliphatic carbocycles. The van der Waals surface area contributed by atoms with E-state index in [0.717, 1.165) is 32.2 Å². The molecule has 0 rings (SSSR count). The van der Waals surface area contributed by atoms with Gasteiger partial charge >= 0.3 is 5.97 Å². The van der Waals surface area contributed by atoms with Gasteiger partial charge in [0.15, 0.2) is 0 Å². The highest BCUT2D eigenvalue weighted by Crippen LogP contribution is 2.18. The van der Waals surface area contributed by atoms with Crippen LogP contribution in [0.1, 0.15) is 60.3 Å². The third-order valence-corrected chi connectivity index (χ3v) is 3.57. The van der Waals surface area contributed by atoms with Gasteiger partial charge in [0.05, 0.1) is 12.7 Å². The van der Waals surface area contributed by atoms with Crippen LogP contribution >= 0.6 is 0 Å². The number of ether oxygens (including phenoxy) is 2. The molecule has 1 unspecified atom stereocenters. The summed E-state index contributed by atoms with van der Waals surface area (Å²) in [6.07, 6.45) is 3.53. The molecule has 4 heteroatoms. The van der Waals surface area contributed by atoms with E-state index >= 15 is 0 Å². The van der Waals surface area contributed by atoms with Gasteiger partial charge in [-0.15, -0.1) is 0 Å². The Morgan fingerprint density at radius 3 is 2.32 bits per heavy atom. The van der Waals surface area contributed by atoms with Crippen molar-refractivity contribution in [2.24, 2.45) is 0 Å². The van der Waals surface area contributed by atoms with Gasteiger partial charge in [0.25, 0.3) is 0 Å². The average molecular weight is 273 g/mol. The van der Waals surface area contributed by atoms with Gasteiger partial charge in [0, 0.05) is 6.61 Å². The number of methoxy groups -OCH3 is 1. The van der Waals surface area contributed by atoms with Gasteiger partial charge in [0.1, 0.15) is 5.54 Å². The van der Waals surface area contributed by atoms with Crippen molar-refractivity contribution in [3.63, 3.8) is 0 Å². The van der Waals surface area contributed by atoms with E-state index in [4.69, 9.17) is 9.47 Å². The van der Waals surface area contributed by atoms with Crippen LogP contribution in [0.4, 0.5) is 0 Å². The van der Waals surface area contributed by atoms with Crippen molar-refractivity contribution in [2.75, 3.05) is 20.3 Å². The Labute approximate surface area is 118 Å². The second-order valence-corrected chi connectivity index (χ2v) is 5.82. The summed E-state index contributed by atoms with van der Waals surface area (Å²) in [7, 11) is 1.44. The maximum Gasteiger partial charge on any atom is 0.325 e. The Bertz CT molecular complexity index is 266. The lowest BCUT2D eigenvalue weighted by molar-refractivity contribution is -0.148. The van der Waals surface area contributed by atoms with E-state index in [-0.39, 0.29) is 11.6 Å². The second kappa shape index (κ2) is 8.54. The molecule has 0 spiro atoms. The molecular weight excluding hydrogens is 242 g/mol. The summed E-state index contributed by atoms with van der Waals surface area (Å²) >= 11 is 0. The zero-order valence-corrected chi connectivity index (χ0v) is 13.5. The van der Waals surface area contributed by atoms with Crippen molar-refractivity contribution in [3.05, 3.63) is 0 Å². The molecule has 0 aromatic heterocycles. The van der Waals surface area contributed by atoms with E-state index in [9.17, 15) is 4.79 Å². The quantitative estimate of drug-likeness (QED) is 0.491. The smallest absolute Gasteiger partial charge is 0.325 e. The molecule has 0 aromatic carbocycles. The van der Waals surface area contributed by atoms with Crippen LogP contribution in [0.5, 0.6) is 0 Å². The summed E-state index contributed by atoms with van der Waals surface area (Å²) in [5.74, 6) is -0.198. The standard InChI is InChI=1S/C15H31NO3/c1-7-11-16-15(5,13(17)18-6)10-9-12-19-14(3,4)8-2/h16H,7-12H2,1-6H3. The summed E-state index contributed by atoms with van der Waals surface area (Å²) in [5, 5.41) is 3.28. The number of hydrogen-bond donors (Lipinski definition) is 1. The Hall–Kier alpha value is -0.610. The van der Waals surface area contributed by atoms with Crippen molar-refractivity contribution in [2.45, 2.75) is 71.4 Å². The number of nitrogens with one attached hydrogen (secondary N) is 1. The summed E-state index contributed by atoms with van der Waals surface area (Å²) < 4.78 is 10.7. The molecule has 1 N–H and O–H groups in total. The molecule has 19 heavy (non-hydrogen) atoms. The molecular formula is C15H31NO3. The van der Waals surface area contributed by atoms with Gasteiger partial charge in [-0.2, -0.15) is 0 Å². The van der Waals surface area contributed by atoms with Crippen LogP contribution in [0.25, 0.3) is 0 Å². The maximum absolute atomic E-state index is 11.9. The minimum atomic E-state index is -0.607. The van der Waals surface area contributed by atoms with Crippen molar-refractivity contribution in [1.82, 2.24) is 5.32 Å². The third kappa shape index (κ3) is 6.92. The summed E-state index contributed by atoms with van der Waals surface area (Å²) in [6.45, 7) is 11.7. The van der Waals surface area contributed by atoms with E-state index < -0.39 is 5.54 Å². The first-order valence-electron chi connectivity index (χ1n) is 7.28. The van der Waals surface area contributed by atoms with Crippen LogP contribution < -0.4 is 5.32 Å². The summed E-state index contributed by atoms with van der Waals surface area (Å²) in [6, 6.07) is 0. The van der Waals surface area contributed by atoms with Crippen molar-refractivity contribution < 1.29 is 14.3 Å². The summed E-state index contributed by atoms with van der Waals surface area (Å²) in [5.41, 5.74) is -0.691. The molecule has 0 heterocycles. The molecule has 0 aliphatic heterocycles. The van der Waals surface area contributed by atoms with E-state index in [1.807, 2.05) is 6.92 Å². The van der Waals surface area contributed by atoms with Crippen LogP contribution in [0, 0.1) is 0 Å². The molecule has 0 radical (unpaired) electrons. The Balaban J connectivity index is 4.24. The van der Waals surface area contributed by atoms with Gasteiger partial charge in [-0.25, -0.2) is 0 Å². The highest BCUT2D eigenvalue weighted by Gasteiger charge is 2.33. The van der Waals surface area contributed by atoms with E-state index in [2.05, 4.69) is 33.0 Å². The van der Waals surface area contributed by atoms with Crippen molar-refractivity contribution in [3.8, 4) is 0 Å².